The molecule has 1 rings (SSSR count). The summed E-state index contributed by atoms with van der Waals surface area (Å²) >= 11 is 0. The molecular formula is C12H27N3. The summed E-state index contributed by atoms with van der Waals surface area (Å²) in [5.74, 6) is 0. The molecule has 0 heterocycles. The molecule has 1 saturated carbocycles. The van der Waals surface area contributed by atoms with Crippen LogP contribution in [0, 0.1) is 0 Å². The summed E-state index contributed by atoms with van der Waals surface area (Å²) in [6, 6.07) is 1.20. The van der Waals surface area contributed by atoms with Crippen molar-refractivity contribution in [3.63, 3.8) is 0 Å². The molecule has 1 aliphatic rings. The van der Waals surface area contributed by atoms with Gasteiger partial charge in [0.05, 0.1) is 0 Å². The maximum absolute atomic E-state index is 5.98. The highest BCUT2D eigenvalue weighted by molar-refractivity contribution is 4.84. The molecule has 2 atom stereocenters. The molecule has 1 fully saturated rings. The Morgan fingerprint density at radius 1 is 1.13 bits per heavy atom. The number of likely N-dealkylation sites (N-methyl/N-ethyl adjacent to an activating group) is 1. The summed E-state index contributed by atoms with van der Waals surface area (Å²) in [6.07, 6.45) is 4.97. The Hall–Kier alpha value is -0.120. The molecule has 0 amide bonds. The van der Waals surface area contributed by atoms with Crippen LogP contribution in [0.4, 0.5) is 0 Å². The highest BCUT2D eigenvalue weighted by Crippen LogP contribution is 2.22. The standard InChI is InChI=1S/C12H27N3/c1-4-7-15(9-8-14(2)3)12-6-5-11(13)10-12/h11-12H,4-10,13H2,1-3H3. The van der Waals surface area contributed by atoms with Crippen molar-refractivity contribution in [3.05, 3.63) is 0 Å². The predicted molar refractivity (Wildman–Crippen MR) is 66.0 cm³/mol. The number of hydrogen-bond donors (Lipinski definition) is 1. The van der Waals surface area contributed by atoms with Gasteiger partial charge < -0.3 is 10.6 Å². The zero-order valence-corrected chi connectivity index (χ0v) is 10.6. The second-order valence-electron chi connectivity index (χ2n) is 5.07. The Balaban J connectivity index is 2.35. The highest BCUT2D eigenvalue weighted by atomic mass is 15.2. The number of nitrogens with zero attached hydrogens (tertiary/aromatic N) is 2. The van der Waals surface area contributed by atoms with Gasteiger partial charge in [0.2, 0.25) is 0 Å². The average Bonchev–Trinajstić information content (AvgIpc) is 2.59. The van der Waals surface area contributed by atoms with Crippen LogP contribution in [0.25, 0.3) is 0 Å². The maximum Gasteiger partial charge on any atom is 0.0112 e. The lowest BCUT2D eigenvalue weighted by Gasteiger charge is -2.29. The predicted octanol–water partition coefficient (Wildman–Crippen LogP) is 1.14. The van der Waals surface area contributed by atoms with E-state index in [0.29, 0.717) is 6.04 Å². The first-order valence-electron chi connectivity index (χ1n) is 6.27. The van der Waals surface area contributed by atoms with Crippen molar-refractivity contribution in [2.45, 2.75) is 44.7 Å². The molecule has 2 unspecified atom stereocenters. The lowest BCUT2D eigenvalue weighted by atomic mass is 10.2. The van der Waals surface area contributed by atoms with E-state index in [2.05, 4.69) is 30.8 Å². The average molecular weight is 213 g/mol. The van der Waals surface area contributed by atoms with Crippen LogP contribution in [0.1, 0.15) is 32.6 Å². The number of rotatable bonds is 6. The van der Waals surface area contributed by atoms with Crippen LogP contribution < -0.4 is 5.73 Å². The third-order valence-corrected chi connectivity index (χ3v) is 3.31. The van der Waals surface area contributed by atoms with Crippen LogP contribution in [-0.2, 0) is 0 Å². The van der Waals surface area contributed by atoms with Crippen LogP contribution in [0.2, 0.25) is 0 Å². The van der Waals surface area contributed by atoms with E-state index in [-0.39, 0.29) is 0 Å². The van der Waals surface area contributed by atoms with E-state index in [1.165, 1.54) is 38.8 Å². The van der Waals surface area contributed by atoms with Gasteiger partial charge in [0, 0.05) is 25.2 Å². The normalized spacial score (nSPS) is 26.8. The van der Waals surface area contributed by atoms with Crippen molar-refractivity contribution in [3.8, 4) is 0 Å². The summed E-state index contributed by atoms with van der Waals surface area (Å²) in [7, 11) is 4.29. The van der Waals surface area contributed by atoms with Crippen LogP contribution in [0.15, 0.2) is 0 Å². The van der Waals surface area contributed by atoms with Crippen molar-refractivity contribution < 1.29 is 0 Å². The van der Waals surface area contributed by atoms with Gasteiger partial charge in [0.25, 0.3) is 0 Å². The Bertz CT molecular complexity index is 170. The summed E-state index contributed by atoms with van der Waals surface area (Å²) in [5, 5.41) is 0. The fraction of sp³-hybridized carbons (Fsp3) is 1.00. The Kier molecular flexibility index (Phi) is 5.58. The van der Waals surface area contributed by atoms with Crippen LogP contribution in [0.3, 0.4) is 0 Å². The molecule has 0 bridgehead atoms. The first-order valence-corrected chi connectivity index (χ1v) is 6.27. The number of hydrogen-bond acceptors (Lipinski definition) is 3. The van der Waals surface area contributed by atoms with Crippen LogP contribution in [-0.4, -0.2) is 55.6 Å². The SMILES string of the molecule is CCCN(CCN(C)C)C1CCC(N)C1. The largest absolute Gasteiger partial charge is 0.328 e. The summed E-state index contributed by atoms with van der Waals surface area (Å²) in [5.41, 5.74) is 5.98. The van der Waals surface area contributed by atoms with Gasteiger partial charge in [0.15, 0.2) is 0 Å². The quantitative estimate of drug-likeness (QED) is 0.718. The minimum atomic E-state index is 0.453. The van der Waals surface area contributed by atoms with Gasteiger partial charge in [-0.2, -0.15) is 0 Å². The molecule has 1 aliphatic carbocycles. The summed E-state index contributed by atoms with van der Waals surface area (Å²) in [6.45, 7) is 5.84. The van der Waals surface area contributed by atoms with Crippen molar-refractivity contribution in [1.29, 1.82) is 0 Å². The molecular weight excluding hydrogens is 186 g/mol. The fourth-order valence-corrected chi connectivity index (χ4v) is 2.42. The van der Waals surface area contributed by atoms with Gasteiger partial charge in [-0.3, -0.25) is 4.90 Å². The monoisotopic (exact) mass is 213 g/mol. The number of nitrogens with two attached hydrogens (primary N) is 1. The molecule has 3 nitrogen and oxygen atoms in total. The van der Waals surface area contributed by atoms with Gasteiger partial charge in [-0.15, -0.1) is 0 Å². The van der Waals surface area contributed by atoms with Crippen molar-refractivity contribution >= 4 is 0 Å². The van der Waals surface area contributed by atoms with E-state index < -0.39 is 0 Å². The molecule has 0 radical (unpaired) electrons. The third-order valence-electron chi connectivity index (χ3n) is 3.31. The Labute approximate surface area is 94.6 Å². The zero-order valence-electron chi connectivity index (χ0n) is 10.6. The minimum Gasteiger partial charge on any atom is -0.328 e. The summed E-state index contributed by atoms with van der Waals surface area (Å²) in [4.78, 5) is 4.89. The molecule has 0 aliphatic heterocycles. The zero-order chi connectivity index (χ0) is 11.3. The molecule has 0 saturated heterocycles. The van der Waals surface area contributed by atoms with Gasteiger partial charge in [-0.05, 0) is 46.3 Å². The molecule has 3 heteroatoms. The minimum absolute atomic E-state index is 0.453. The van der Waals surface area contributed by atoms with Gasteiger partial charge in [-0.25, -0.2) is 0 Å². The van der Waals surface area contributed by atoms with Crippen LogP contribution in [0.5, 0.6) is 0 Å². The van der Waals surface area contributed by atoms with E-state index in [0.717, 1.165) is 12.6 Å². The molecule has 0 aromatic rings. The van der Waals surface area contributed by atoms with Crippen molar-refractivity contribution in [2.24, 2.45) is 5.73 Å². The smallest absolute Gasteiger partial charge is 0.0112 e. The molecule has 15 heavy (non-hydrogen) atoms. The second-order valence-corrected chi connectivity index (χ2v) is 5.07. The van der Waals surface area contributed by atoms with E-state index in [4.69, 9.17) is 5.73 Å². The lowest BCUT2D eigenvalue weighted by molar-refractivity contribution is 0.179. The molecule has 0 spiro atoms. The second kappa shape index (κ2) is 6.46. The Morgan fingerprint density at radius 3 is 2.33 bits per heavy atom. The molecule has 0 aromatic heterocycles. The van der Waals surface area contributed by atoms with Crippen LogP contribution >= 0.6 is 0 Å². The summed E-state index contributed by atoms with van der Waals surface area (Å²) < 4.78 is 0. The van der Waals surface area contributed by atoms with Gasteiger partial charge >= 0.3 is 0 Å². The molecule has 90 valence electrons. The molecule has 2 N–H and O–H groups in total. The van der Waals surface area contributed by atoms with E-state index in [1.54, 1.807) is 0 Å². The third kappa shape index (κ3) is 4.49. The topological polar surface area (TPSA) is 32.5 Å². The van der Waals surface area contributed by atoms with Gasteiger partial charge in [-0.1, -0.05) is 6.92 Å². The fourth-order valence-electron chi connectivity index (χ4n) is 2.42. The van der Waals surface area contributed by atoms with E-state index in [9.17, 15) is 0 Å². The van der Waals surface area contributed by atoms with E-state index >= 15 is 0 Å². The first kappa shape index (κ1) is 12.9. The molecule has 0 aromatic carbocycles. The van der Waals surface area contributed by atoms with Gasteiger partial charge in [0.1, 0.15) is 0 Å². The first-order chi connectivity index (χ1) is 7.13. The Morgan fingerprint density at radius 2 is 1.87 bits per heavy atom. The highest BCUT2D eigenvalue weighted by Gasteiger charge is 2.26. The van der Waals surface area contributed by atoms with E-state index in [1.807, 2.05) is 0 Å². The van der Waals surface area contributed by atoms with Crippen molar-refractivity contribution in [2.75, 3.05) is 33.7 Å². The maximum atomic E-state index is 5.98. The van der Waals surface area contributed by atoms with Crippen molar-refractivity contribution in [1.82, 2.24) is 9.80 Å². The lowest BCUT2D eigenvalue weighted by Crippen LogP contribution is -2.39.